The van der Waals surface area contributed by atoms with Crippen molar-refractivity contribution in [1.82, 2.24) is 4.90 Å². The number of ketones is 2. The van der Waals surface area contributed by atoms with Crippen molar-refractivity contribution in [3.63, 3.8) is 0 Å². The number of hydrogen-bond acceptors (Lipinski definition) is 9. The SMILES string of the molecule is CN(C)[C@@H]1C(O)=C(C(N)=O)C(=O)[C@@]2(O)C(O)=C3C(=O)c4c(O)cccc4[C@@](C)(O)[C@H]3C[C@@H]12.Cl.ClC(Cl)=C(Cl)Cl. The number of carbonyl (C=O) groups is 3. The van der Waals surface area contributed by atoms with Crippen molar-refractivity contribution in [2.75, 3.05) is 14.1 Å². The number of Topliss-reactive ketones (excluding diaryl/α,β-unsaturated/α-hetero) is 2. The zero-order valence-corrected chi connectivity index (χ0v) is 24.4. The summed E-state index contributed by atoms with van der Waals surface area (Å²) in [7, 11) is 3.06. The number of halogens is 5. The van der Waals surface area contributed by atoms with Crippen molar-refractivity contribution in [3.8, 4) is 5.75 Å². The summed E-state index contributed by atoms with van der Waals surface area (Å²) in [5, 5.41) is 55.0. The van der Waals surface area contributed by atoms with Crippen LogP contribution in [0.3, 0.4) is 0 Å². The molecule has 3 aliphatic carbocycles. The Morgan fingerprint density at radius 1 is 1.05 bits per heavy atom. The molecule has 0 bridgehead atoms. The van der Waals surface area contributed by atoms with Crippen LogP contribution in [-0.4, -0.2) is 73.6 Å². The molecule has 5 atom stereocenters. The van der Waals surface area contributed by atoms with Crippen molar-refractivity contribution in [3.05, 3.63) is 61.0 Å². The van der Waals surface area contributed by atoms with Crippen molar-refractivity contribution in [1.29, 1.82) is 0 Å². The van der Waals surface area contributed by atoms with Crippen LogP contribution in [0, 0.1) is 11.8 Å². The molecular weight excluding hydrogens is 622 g/mol. The van der Waals surface area contributed by atoms with Crippen molar-refractivity contribution < 1.29 is 39.9 Å². The first-order valence-electron chi connectivity index (χ1n) is 11.0. The van der Waals surface area contributed by atoms with E-state index in [0.29, 0.717) is 0 Å². The quantitative estimate of drug-likeness (QED) is 0.263. The standard InChI is InChI=1S/C22H24N2O8.C2Cl4.ClH/c1-21(31)8-5-4-6-11(25)12(8)16(26)13-9(21)7-10-15(24(2)3)17(27)14(20(23)30)19(29)22(10,32)18(13)28;3-1(4)2(5)6;/h4-6,9-10,15,25,27-28,31-32H,7H2,1-3H3,(H2,23,30);;1H/t9-,10-,15-,21+,22-;;/m0../s1. The fraction of sp³-hybridized carbons (Fsp3) is 0.375. The number of fused-ring (bicyclic) bond motifs is 3. The van der Waals surface area contributed by atoms with Gasteiger partial charge < -0.3 is 31.3 Å². The number of aliphatic hydroxyl groups is 4. The minimum absolute atomic E-state index is 0. The summed E-state index contributed by atoms with van der Waals surface area (Å²) in [6.45, 7) is 1.40. The Labute approximate surface area is 249 Å². The Kier molecular flexibility index (Phi) is 9.75. The fourth-order valence-corrected chi connectivity index (χ4v) is 5.51. The van der Waals surface area contributed by atoms with E-state index in [1.807, 2.05) is 0 Å². The molecule has 15 heteroatoms. The number of hydrogen-bond donors (Lipinski definition) is 6. The van der Waals surface area contributed by atoms with Crippen LogP contribution in [-0.2, 0) is 15.2 Å². The molecule has 10 nitrogen and oxygen atoms in total. The van der Waals surface area contributed by atoms with Gasteiger partial charge >= 0.3 is 0 Å². The van der Waals surface area contributed by atoms with Gasteiger partial charge in [-0.2, -0.15) is 0 Å². The van der Waals surface area contributed by atoms with Gasteiger partial charge in [0.2, 0.25) is 5.78 Å². The van der Waals surface area contributed by atoms with Gasteiger partial charge in [-0.05, 0) is 39.1 Å². The van der Waals surface area contributed by atoms with Crippen LogP contribution in [0.1, 0.15) is 29.3 Å². The lowest BCUT2D eigenvalue weighted by atomic mass is 9.55. The molecular formula is C24H25Cl5N2O8. The lowest BCUT2D eigenvalue weighted by molar-refractivity contribution is -0.151. The maximum atomic E-state index is 13.3. The predicted molar refractivity (Wildman–Crippen MR) is 147 cm³/mol. The van der Waals surface area contributed by atoms with E-state index in [0.717, 1.165) is 0 Å². The zero-order chi connectivity index (χ0) is 29.1. The Morgan fingerprint density at radius 3 is 2.05 bits per heavy atom. The lowest BCUT2D eigenvalue weighted by Gasteiger charge is -2.52. The number of nitrogens with two attached hydrogens (primary N) is 1. The third-order valence-electron chi connectivity index (χ3n) is 7.17. The average molecular weight is 647 g/mol. The van der Waals surface area contributed by atoms with Crippen LogP contribution in [0.25, 0.3) is 0 Å². The van der Waals surface area contributed by atoms with Gasteiger partial charge in [0.25, 0.3) is 5.91 Å². The minimum Gasteiger partial charge on any atom is -0.510 e. The lowest BCUT2D eigenvalue weighted by Crippen LogP contribution is -2.65. The summed E-state index contributed by atoms with van der Waals surface area (Å²) in [6.07, 6.45) is -0.200. The van der Waals surface area contributed by atoms with E-state index in [4.69, 9.17) is 52.1 Å². The number of aromatic hydroxyl groups is 1. The van der Waals surface area contributed by atoms with Gasteiger partial charge in [0.15, 0.2) is 11.4 Å². The number of carbonyl (C=O) groups excluding carboxylic acids is 3. The molecule has 0 radical (unpaired) electrons. The van der Waals surface area contributed by atoms with E-state index in [-0.39, 0.29) is 38.9 Å². The van der Waals surface area contributed by atoms with E-state index in [1.165, 1.54) is 44.1 Å². The number of amides is 1. The molecule has 0 aromatic heterocycles. The van der Waals surface area contributed by atoms with Gasteiger partial charge in [0, 0.05) is 17.4 Å². The monoisotopic (exact) mass is 644 g/mol. The van der Waals surface area contributed by atoms with E-state index < -0.39 is 75.0 Å². The van der Waals surface area contributed by atoms with Crippen molar-refractivity contribution >= 4 is 76.3 Å². The third-order valence-corrected chi connectivity index (χ3v) is 8.31. The average Bonchev–Trinajstić information content (AvgIpc) is 2.79. The smallest absolute Gasteiger partial charge is 0.255 e. The van der Waals surface area contributed by atoms with Gasteiger partial charge in [0.05, 0.1) is 17.2 Å². The second-order valence-corrected chi connectivity index (χ2v) is 11.4. The third kappa shape index (κ3) is 5.13. The molecule has 39 heavy (non-hydrogen) atoms. The zero-order valence-electron chi connectivity index (χ0n) is 20.6. The topological polar surface area (TPSA) is 182 Å². The Hall–Kier alpha value is -2.02. The molecule has 0 saturated carbocycles. The first-order valence-corrected chi connectivity index (χ1v) is 12.5. The molecule has 4 rings (SSSR count). The minimum atomic E-state index is -2.75. The highest BCUT2D eigenvalue weighted by Gasteiger charge is 2.65. The van der Waals surface area contributed by atoms with Crippen LogP contribution in [0.2, 0.25) is 0 Å². The van der Waals surface area contributed by atoms with Crippen molar-refractivity contribution in [2.45, 2.75) is 30.6 Å². The number of aliphatic hydroxyl groups excluding tert-OH is 2. The number of rotatable bonds is 2. The highest BCUT2D eigenvalue weighted by atomic mass is 35.5. The fourth-order valence-electron chi connectivity index (χ4n) is 5.51. The molecule has 0 fully saturated rings. The summed E-state index contributed by atoms with van der Waals surface area (Å²) in [6, 6.07) is 3.05. The second-order valence-electron chi connectivity index (χ2n) is 9.48. The maximum Gasteiger partial charge on any atom is 0.255 e. The van der Waals surface area contributed by atoms with E-state index in [1.54, 1.807) is 0 Å². The van der Waals surface area contributed by atoms with Crippen LogP contribution in [0.15, 0.2) is 49.8 Å². The number of phenolic OH excluding ortho intramolecular Hbond substituents is 1. The van der Waals surface area contributed by atoms with Crippen LogP contribution in [0.5, 0.6) is 5.75 Å². The maximum absolute atomic E-state index is 13.3. The molecule has 0 heterocycles. The summed E-state index contributed by atoms with van der Waals surface area (Å²) in [5.41, 5.74) is -0.654. The molecule has 0 saturated heterocycles. The number of likely N-dealkylation sites (N-methyl/N-ethyl adjacent to an activating group) is 1. The van der Waals surface area contributed by atoms with Gasteiger partial charge in [0.1, 0.15) is 31.8 Å². The summed E-state index contributed by atoms with van der Waals surface area (Å²) in [5.74, 6) is -7.89. The Bertz CT molecular complexity index is 1320. The molecule has 1 aromatic rings. The van der Waals surface area contributed by atoms with Crippen LogP contribution in [0.4, 0.5) is 0 Å². The number of phenols is 1. The first kappa shape index (κ1) is 33.2. The first-order chi connectivity index (χ1) is 17.4. The molecule has 1 amide bonds. The normalized spacial score (nSPS) is 29.4. The molecule has 7 N–H and O–H groups in total. The summed E-state index contributed by atoms with van der Waals surface area (Å²) in [4.78, 5) is 39.9. The molecule has 214 valence electrons. The largest absolute Gasteiger partial charge is 0.510 e. The molecule has 3 aliphatic rings. The van der Waals surface area contributed by atoms with Crippen LogP contribution >= 0.6 is 58.8 Å². The number of primary amides is 1. The number of nitrogens with zero attached hydrogens (tertiary/aromatic N) is 1. The summed E-state index contributed by atoms with van der Waals surface area (Å²) < 4.78 is -0.198. The predicted octanol–water partition coefficient (Wildman–Crippen LogP) is 3.28. The summed E-state index contributed by atoms with van der Waals surface area (Å²) >= 11 is 20.0. The van der Waals surface area contributed by atoms with Gasteiger partial charge in [-0.3, -0.25) is 19.3 Å². The van der Waals surface area contributed by atoms with E-state index in [2.05, 4.69) is 0 Å². The Morgan fingerprint density at radius 2 is 1.59 bits per heavy atom. The molecule has 0 unspecified atom stereocenters. The number of benzene rings is 1. The van der Waals surface area contributed by atoms with Gasteiger partial charge in [-0.1, -0.05) is 58.5 Å². The van der Waals surface area contributed by atoms with Crippen LogP contribution < -0.4 is 5.73 Å². The molecule has 1 aromatic carbocycles. The van der Waals surface area contributed by atoms with Gasteiger partial charge in [-0.15, -0.1) is 12.4 Å². The molecule has 0 aliphatic heterocycles. The van der Waals surface area contributed by atoms with Crippen molar-refractivity contribution in [2.24, 2.45) is 17.6 Å². The second kappa shape index (κ2) is 11.5. The highest BCUT2D eigenvalue weighted by Crippen LogP contribution is 2.56. The highest BCUT2D eigenvalue weighted by molar-refractivity contribution is 6.67. The van der Waals surface area contributed by atoms with E-state index in [9.17, 15) is 39.9 Å². The molecule has 0 spiro atoms. The van der Waals surface area contributed by atoms with Gasteiger partial charge in [-0.25, -0.2) is 0 Å². The Balaban J connectivity index is 0.000000687. The van der Waals surface area contributed by atoms with E-state index >= 15 is 0 Å².